The SMILES string of the molecule is CCCCCCN=C(NCCSC)NCCn1cnnc1CC. The Morgan fingerprint density at radius 3 is 2.78 bits per heavy atom. The summed E-state index contributed by atoms with van der Waals surface area (Å²) in [5.41, 5.74) is 0. The first-order valence-corrected chi connectivity index (χ1v) is 10.1. The molecule has 0 amide bonds. The number of hydrogen-bond acceptors (Lipinski definition) is 4. The molecule has 0 fully saturated rings. The van der Waals surface area contributed by atoms with Crippen molar-refractivity contribution in [2.24, 2.45) is 4.99 Å². The van der Waals surface area contributed by atoms with Gasteiger partial charge in [-0.2, -0.15) is 11.8 Å². The van der Waals surface area contributed by atoms with Gasteiger partial charge < -0.3 is 15.2 Å². The molecule has 23 heavy (non-hydrogen) atoms. The number of guanidine groups is 1. The Bertz CT molecular complexity index is 432. The molecule has 0 bridgehead atoms. The van der Waals surface area contributed by atoms with Crippen LogP contribution in [0, 0.1) is 0 Å². The lowest BCUT2D eigenvalue weighted by Crippen LogP contribution is -2.40. The minimum atomic E-state index is 0.825. The van der Waals surface area contributed by atoms with Gasteiger partial charge in [-0.15, -0.1) is 10.2 Å². The van der Waals surface area contributed by atoms with E-state index in [1.165, 1.54) is 19.3 Å². The highest BCUT2D eigenvalue weighted by Gasteiger charge is 2.02. The van der Waals surface area contributed by atoms with Crippen molar-refractivity contribution < 1.29 is 0 Å². The molecule has 1 aromatic heterocycles. The molecule has 0 atom stereocenters. The van der Waals surface area contributed by atoms with E-state index >= 15 is 0 Å². The highest BCUT2D eigenvalue weighted by Crippen LogP contribution is 1.99. The summed E-state index contributed by atoms with van der Waals surface area (Å²) >= 11 is 1.84. The summed E-state index contributed by atoms with van der Waals surface area (Å²) in [6.45, 7) is 7.84. The minimum absolute atomic E-state index is 0.825. The molecule has 6 nitrogen and oxygen atoms in total. The van der Waals surface area contributed by atoms with Crippen molar-refractivity contribution in [3.05, 3.63) is 12.2 Å². The van der Waals surface area contributed by atoms with E-state index in [4.69, 9.17) is 0 Å². The second-order valence-corrected chi connectivity index (χ2v) is 6.42. The highest BCUT2D eigenvalue weighted by molar-refractivity contribution is 7.98. The number of aromatic nitrogens is 3. The van der Waals surface area contributed by atoms with Crippen LogP contribution in [0.2, 0.25) is 0 Å². The van der Waals surface area contributed by atoms with E-state index in [0.29, 0.717) is 0 Å². The van der Waals surface area contributed by atoms with Crippen LogP contribution in [0.15, 0.2) is 11.3 Å². The third kappa shape index (κ3) is 8.83. The second kappa shape index (κ2) is 13.2. The van der Waals surface area contributed by atoms with Crippen LogP contribution in [0.25, 0.3) is 0 Å². The van der Waals surface area contributed by atoms with Crippen LogP contribution in [0.4, 0.5) is 0 Å². The number of aliphatic imine (C=N–C) groups is 1. The van der Waals surface area contributed by atoms with Crippen molar-refractivity contribution in [2.75, 3.05) is 31.6 Å². The molecule has 1 heterocycles. The quantitative estimate of drug-likeness (QED) is 0.347. The Labute approximate surface area is 144 Å². The zero-order valence-corrected chi connectivity index (χ0v) is 15.7. The molecule has 132 valence electrons. The van der Waals surface area contributed by atoms with Crippen LogP contribution >= 0.6 is 11.8 Å². The van der Waals surface area contributed by atoms with E-state index in [0.717, 1.165) is 56.6 Å². The average molecular weight is 341 g/mol. The molecule has 7 heteroatoms. The number of unbranched alkanes of at least 4 members (excludes halogenated alkanes) is 3. The predicted molar refractivity (Wildman–Crippen MR) is 100 cm³/mol. The normalized spacial score (nSPS) is 11.7. The van der Waals surface area contributed by atoms with Crippen molar-refractivity contribution in [3.8, 4) is 0 Å². The molecular formula is C16H32N6S. The van der Waals surface area contributed by atoms with Crippen molar-refractivity contribution in [1.29, 1.82) is 0 Å². The van der Waals surface area contributed by atoms with Gasteiger partial charge in [0.2, 0.25) is 0 Å². The summed E-state index contributed by atoms with van der Waals surface area (Å²) in [6.07, 6.45) is 9.81. The van der Waals surface area contributed by atoms with Gasteiger partial charge in [-0.3, -0.25) is 4.99 Å². The third-order valence-electron chi connectivity index (χ3n) is 3.54. The molecule has 0 aliphatic heterocycles. The maximum Gasteiger partial charge on any atom is 0.191 e. The molecule has 0 aliphatic carbocycles. The number of rotatable bonds is 12. The maximum absolute atomic E-state index is 4.67. The van der Waals surface area contributed by atoms with E-state index in [9.17, 15) is 0 Å². The van der Waals surface area contributed by atoms with E-state index < -0.39 is 0 Å². The average Bonchev–Trinajstić information content (AvgIpc) is 3.02. The molecule has 0 unspecified atom stereocenters. The molecule has 0 aliphatic rings. The van der Waals surface area contributed by atoms with Gasteiger partial charge in [-0.05, 0) is 12.7 Å². The molecule has 0 saturated carbocycles. The van der Waals surface area contributed by atoms with Crippen LogP contribution in [0.1, 0.15) is 45.4 Å². The number of hydrogen-bond donors (Lipinski definition) is 2. The van der Waals surface area contributed by atoms with E-state index in [1.807, 2.05) is 11.8 Å². The maximum atomic E-state index is 4.67. The van der Waals surface area contributed by atoms with Gasteiger partial charge in [-0.25, -0.2) is 0 Å². The summed E-state index contributed by atoms with van der Waals surface area (Å²) in [7, 11) is 0. The number of thioether (sulfide) groups is 1. The molecule has 0 spiro atoms. The molecule has 0 radical (unpaired) electrons. The van der Waals surface area contributed by atoms with E-state index in [1.54, 1.807) is 6.33 Å². The third-order valence-corrected chi connectivity index (χ3v) is 4.15. The first-order valence-electron chi connectivity index (χ1n) is 8.69. The van der Waals surface area contributed by atoms with Gasteiger partial charge in [0.25, 0.3) is 0 Å². The fraction of sp³-hybridized carbons (Fsp3) is 0.812. The zero-order chi connectivity index (χ0) is 16.8. The van der Waals surface area contributed by atoms with Gasteiger partial charge in [0.15, 0.2) is 5.96 Å². The van der Waals surface area contributed by atoms with Crippen LogP contribution in [-0.2, 0) is 13.0 Å². The summed E-state index contributed by atoms with van der Waals surface area (Å²) in [5.74, 6) is 3.03. The monoisotopic (exact) mass is 340 g/mol. The van der Waals surface area contributed by atoms with Gasteiger partial charge in [-0.1, -0.05) is 33.1 Å². The Kier molecular flexibility index (Phi) is 11.4. The summed E-state index contributed by atoms with van der Waals surface area (Å²) in [4.78, 5) is 4.67. The lowest BCUT2D eigenvalue weighted by Gasteiger charge is -2.13. The molecular weight excluding hydrogens is 308 g/mol. The standard InChI is InChI=1S/C16H32N6S/c1-4-6-7-8-9-17-16(19-11-13-23-3)18-10-12-22-14-20-21-15(22)5-2/h14H,4-13H2,1-3H3,(H2,17,18,19). The first-order chi connectivity index (χ1) is 11.3. The molecule has 1 rings (SSSR count). The number of aryl methyl sites for hydroxylation is 1. The number of nitrogens with zero attached hydrogens (tertiary/aromatic N) is 4. The van der Waals surface area contributed by atoms with Crippen LogP contribution in [-0.4, -0.2) is 52.4 Å². The highest BCUT2D eigenvalue weighted by atomic mass is 32.2. The molecule has 0 saturated heterocycles. The van der Waals surface area contributed by atoms with Gasteiger partial charge in [0.05, 0.1) is 0 Å². The van der Waals surface area contributed by atoms with Crippen LogP contribution in [0.5, 0.6) is 0 Å². The fourth-order valence-electron chi connectivity index (χ4n) is 2.21. The van der Waals surface area contributed by atoms with Gasteiger partial charge in [0, 0.05) is 38.4 Å². The lowest BCUT2D eigenvalue weighted by molar-refractivity contribution is 0.630. The predicted octanol–water partition coefficient (Wildman–Crippen LogP) is 2.32. The van der Waals surface area contributed by atoms with Crippen molar-refractivity contribution in [3.63, 3.8) is 0 Å². The summed E-state index contributed by atoms with van der Waals surface area (Å²) < 4.78 is 2.09. The Morgan fingerprint density at radius 2 is 2.04 bits per heavy atom. The molecule has 1 aromatic rings. The Hall–Kier alpha value is -1.24. The molecule has 2 N–H and O–H groups in total. The summed E-state index contributed by atoms with van der Waals surface area (Å²) in [6, 6.07) is 0. The zero-order valence-electron chi connectivity index (χ0n) is 14.8. The lowest BCUT2D eigenvalue weighted by atomic mass is 10.2. The fourth-order valence-corrected chi connectivity index (χ4v) is 2.52. The van der Waals surface area contributed by atoms with Crippen molar-refractivity contribution >= 4 is 17.7 Å². The van der Waals surface area contributed by atoms with Gasteiger partial charge in [0.1, 0.15) is 12.2 Å². The van der Waals surface area contributed by atoms with Gasteiger partial charge >= 0.3 is 0 Å². The summed E-state index contributed by atoms with van der Waals surface area (Å²) in [5, 5.41) is 14.9. The first kappa shape index (κ1) is 19.8. The largest absolute Gasteiger partial charge is 0.356 e. The number of nitrogens with one attached hydrogen (secondary N) is 2. The van der Waals surface area contributed by atoms with Crippen LogP contribution < -0.4 is 10.6 Å². The van der Waals surface area contributed by atoms with Crippen molar-refractivity contribution in [1.82, 2.24) is 25.4 Å². The second-order valence-electron chi connectivity index (χ2n) is 5.43. The topological polar surface area (TPSA) is 67.1 Å². The van der Waals surface area contributed by atoms with Crippen molar-refractivity contribution in [2.45, 2.75) is 52.5 Å². The molecule has 0 aromatic carbocycles. The Morgan fingerprint density at radius 1 is 1.22 bits per heavy atom. The van der Waals surface area contributed by atoms with Crippen LogP contribution in [0.3, 0.4) is 0 Å². The Balaban J connectivity index is 2.36. The van der Waals surface area contributed by atoms with E-state index in [2.05, 4.69) is 50.5 Å². The minimum Gasteiger partial charge on any atom is -0.356 e. The van der Waals surface area contributed by atoms with E-state index in [-0.39, 0.29) is 0 Å². The smallest absolute Gasteiger partial charge is 0.191 e.